The van der Waals surface area contributed by atoms with Crippen molar-refractivity contribution in [3.63, 3.8) is 0 Å². The van der Waals surface area contributed by atoms with E-state index < -0.39 is 24.4 Å². The van der Waals surface area contributed by atoms with Gasteiger partial charge in [-0.15, -0.1) is 26.3 Å². The predicted octanol–water partition coefficient (Wildman–Crippen LogP) is 8.98. The van der Waals surface area contributed by atoms with Crippen molar-refractivity contribution in [3.05, 3.63) is 66.7 Å². The molecule has 0 spiro atoms. The van der Waals surface area contributed by atoms with Crippen LogP contribution in [-0.2, 0) is 4.79 Å². The lowest BCUT2D eigenvalue weighted by Gasteiger charge is -2.40. The molecule has 1 fully saturated rings. The van der Waals surface area contributed by atoms with E-state index in [4.69, 9.17) is 9.72 Å². The second-order valence-corrected chi connectivity index (χ2v) is 12.1. The van der Waals surface area contributed by atoms with Crippen molar-refractivity contribution in [2.75, 3.05) is 17.2 Å². The van der Waals surface area contributed by atoms with Gasteiger partial charge < -0.3 is 29.4 Å². The fourth-order valence-electron chi connectivity index (χ4n) is 6.07. The van der Waals surface area contributed by atoms with E-state index >= 15 is 0 Å². The second kappa shape index (κ2) is 12.6. The Hall–Kier alpha value is -4.62. The van der Waals surface area contributed by atoms with Gasteiger partial charge in [0.15, 0.2) is 6.61 Å². The van der Waals surface area contributed by atoms with Crippen LogP contribution in [0.5, 0.6) is 17.2 Å². The van der Waals surface area contributed by atoms with E-state index in [2.05, 4.69) is 45.4 Å². The van der Waals surface area contributed by atoms with Gasteiger partial charge in [-0.1, -0.05) is 20.8 Å². The van der Waals surface area contributed by atoms with Crippen molar-refractivity contribution in [1.82, 2.24) is 9.55 Å². The summed E-state index contributed by atoms with van der Waals surface area (Å²) < 4.78 is 90.6. The van der Waals surface area contributed by atoms with E-state index in [0.717, 1.165) is 36.9 Å². The minimum atomic E-state index is -4.82. The highest BCUT2D eigenvalue weighted by molar-refractivity contribution is 5.92. The number of hydrogen-bond acceptors (Lipinski definition) is 6. The SMILES string of the molecule is C[C@@H]1C[C@H](n2c(Nc3ccc(OC(F)(F)F)cc3)nc3cc(OCC(=O)Nc4ccc(OC(F)(F)F)cc4)ccc32)CC(C)(C)C1. The predicted molar refractivity (Wildman–Crippen MR) is 159 cm³/mol. The molecule has 0 aliphatic heterocycles. The van der Waals surface area contributed by atoms with Gasteiger partial charge in [0.2, 0.25) is 5.95 Å². The number of halogens is 6. The van der Waals surface area contributed by atoms with Crippen LogP contribution in [0.2, 0.25) is 0 Å². The molecule has 1 aliphatic carbocycles. The van der Waals surface area contributed by atoms with Crippen LogP contribution < -0.4 is 24.8 Å². The average Bonchev–Trinajstić information content (AvgIpc) is 3.28. The van der Waals surface area contributed by atoms with Crippen LogP contribution in [-0.4, -0.2) is 34.8 Å². The zero-order chi connectivity index (χ0) is 33.3. The Labute approximate surface area is 260 Å². The maximum absolute atomic E-state index is 12.6. The number of nitrogens with zero attached hydrogens (tertiary/aromatic N) is 2. The van der Waals surface area contributed by atoms with Crippen LogP contribution >= 0.6 is 0 Å². The molecule has 2 N–H and O–H groups in total. The molecule has 8 nitrogen and oxygen atoms in total. The van der Waals surface area contributed by atoms with Crippen LogP contribution in [0.4, 0.5) is 43.7 Å². The smallest absolute Gasteiger partial charge is 0.484 e. The van der Waals surface area contributed by atoms with Gasteiger partial charge in [0, 0.05) is 23.5 Å². The van der Waals surface area contributed by atoms with Crippen molar-refractivity contribution < 1.29 is 45.3 Å². The molecule has 46 heavy (non-hydrogen) atoms. The third-order valence-corrected chi connectivity index (χ3v) is 7.48. The van der Waals surface area contributed by atoms with Gasteiger partial charge in [-0.3, -0.25) is 4.79 Å². The first-order valence-electron chi connectivity index (χ1n) is 14.5. The van der Waals surface area contributed by atoms with Gasteiger partial charge in [0.05, 0.1) is 11.0 Å². The van der Waals surface area contributed by atoms with Gasteiger partial charge in [0.25, 0.3) is 5.91 Å². The highest BCUT2D eigenvalue weighted by atomic mass is 19.4. The number of carbonyl (C=O) groups is 1. The normalized spacial score (nSPS) is 18.2. The van der Waals surface area contributed by atoms with Crippen molar-refractivity contribution in [3.8, 4) is 17.2 Å². The molecule has 0 saturated heterocycles. The number of ether oxygens (including phenoxy) is 3. The van der Waals surface area contributed by atoms with Crippen LogP contribution in [0, 0.1) is 11.3 Å². The highest BCUT2D eigenvalue weighted by Crippen LogP contribution is 2.46. The van der Waals surface area contributed by atoms with Crippen LogP contribution in [0.3, 0.4) is 0 Å². The summed E-state index contributed by atoms with van der Waals surface area (Å²) >= 11 is 0. The molecule has 0 radical (unpaired) electrons. The molecule has 1 heterocycles. The summed E-state index contributed by atoms with van der Waals surface area (Å²) in [4.78, 5) is 17.3. The van der Waals surface area contributed by atoms with Crippen molar-refractivity contribution in [1.29, 1.82) is 0 Å². The number of carbonyl (C=O) groups excluding carboxylic acids is 1. The third kappa shape index (κ3) is 8.76. The van der Waals surface area contributed by atoms with E-state index in [9.17, 15) is 31.1 Å². The van der Waals surface area contributed by atoms with Gasteiger partial charge in [0.1, 0.15) is 17.2 Å². The van der Waals surface area contributed by atoms with E-state index in [1.807, 2.05) is 6.07 Å². The monoisotopic (exact) mass is 650 g/mol. The van der Waals surface area contributed by atoms with E-state index in [-0.39, 0.29) is 29.5 Å². The Morgan fingerprint density at radius 2 is 1.43 bits per heavy atom. The maximum Gasteiger partial charge on any atom is 0.573 e. The molecule has 0 unspecified atom stereocenters. The lowest BCUT2D eigenvalue weighted by Crippen LogP contribution is -2.29. The number of alkyl halides is 6. The molecule has 1 saturated carbocycles. The molecule has 1 aromatic heterocycles. The molecule has 14 heteroatoms. The summed E-state index contributed by atoms with van der Waals surface area (Å²) in [7, 11) is 0. The maximum atomic E-state index is 12.6. The Morgan fingerprint density at radius 1 is 0.870 bits per heavy atom. The van der Waals surface area contributed by atoms with Crippen molar-refractivity contribution >= 4 is 34.3 Å². The summed E-state index contributed by atoms with van der Waals surface area (Å²) in [6.07, 6.45) is -6.75. The number of imidazole rings is 1. The molecule has 2 atom stereocenters. The Kier molecular flexibility index (Phi) is 9.00. The largest absolute Gasteiger partial charge is 0.573 e. The second-order valence-electron chi connectivity index (χ2n) is 12.1. The molecule has 4 aromatic rings. The fraction of sp³-hybridized carbons (Fsp3) is 0.375. The number of aromatic nitrogens is 2. The molecule has 3 aromatic carbocycles. The number of nitrogens with one attached hydrogen (secondary N) is 2. The zero-order valence-corrected chi connectivity index (χ0v) is 25.1. The van der Waals surface area contributed by atoms with Crippen LogP contribution in [0.25, 0.3) is 11.0 Å². The van der Waals surface area contributed by atoms with Crippen molar-refractivity contribution in [2.45, 2.75) is 58.8 Å². The van der Waals surface area contributed by atoms with E-state index in [1.165, 1.54) is 36.4 Å². The quantitative estimate of drug-likeness (QED) is 0.176. The van der Waals surface area contributed by atoms with Crippen molar-refractivity contribution in [2.24, 2.45) is 11.3 Å². The highest BCUT2D eigenvalue weighted by Gasteiger charge is 2.35. The topological polar surface area (TPSA) is 86.6 Å². The van der Waals surface area contributed by atoms with Gasteiger partial charge in [-0.25, -0.2) is 4.98 Å². The van der Waals surface area contributed by atoms with E-state index in [1.54, 1.807) is 12.1 Å². The summed E-state index contributed by atoms with van der Waals surface area (Å²) in [6.45, 7) is 6.28. The summed E-state index contributed by atoms with van der Waals surface area (Å²) in [5.41, 5.74) is 2.24. The zero-order valence-electron chi connectivity index (χ0n) is 25.1. The lowest BCUT2D eigenvalue weighted by molar-refractivity contribution is -0.275. The molecule has 1 amide bonds. The van der Waals surface area contributed by atoms with Crippen LogP contribution in [0.15, 0.2) is 66.7 Å². The number of benzene rings is 3. The number of amides is 1. The lowest BCUT2D eigenvalue weighted by atomic mass is 9.70. The summed E-state index contributed by atoms with van der Waals surface area (Å²) in [5.74, 6) is 0.0250. The summed E-state index contributed by atoms with van der Waals surface area (Å²) in [6, 6.07) is 15.4. The standard InChI is InChI=1S/C32H32F6N4O4/c1-19-14-22(17-30(2,3)16-19)42-27-13-12-25(44-18-28(43)39-20-4-8-23(9-5-20)45-31(33,34)35)15-26(27)41-29(42)40-21-6-10-24(11-7-21)46-32(36,37)38/h4-13,15,19,22H,14,16-18H2,1-3H3,(H,39,43)(H,40,41)/t19-,22+/m1/s1. The molecule has 5 rings (SSSR count). The molecule has 0 bridgehead atoms. The minimum absolute atomic E-state index is 0.0782. The fourth-order valence-corrected chi connectivity index (χ4v) is 6.07. The average molecular weight is 651 g/mol. The first-order chi connectivity index (χ1) is 21.5. The molecule has 1 aliphatic rings. The molecule has 246 valence electrons. The van der Waals surface area contributed by atoms with Gasteiger partial charge >= 0.3 is 12.7 Å². The number of rotatable bonds is 9. The number of hydrogen-bond donors (Lipinski definition) is 2. The minimum Gasteiger partial charge on any atom is -0.484 e. The first-order valence-corrected chi connectivity index (χ1v) is 14.5. The Bertz CT molecular complexity index is 1670. The summed E-state index contributed by atoms with van der Waals surface area (Å²) in [5, 5.41) is 5.79. The van der Waals surface area contributed by atoms with Gasteiger partial charge in [-0.2, -0.15) is 0 Å². The number of fused-ring (bicyclic) bond motifs is 1. The molecular formula is C32H32F6N4O4. The Morgan fingerprint density at radius 3 is 2.00 bits per heavy atom. The Balaban J connectivity index is 1.34. The molecular weight excluding hydrogens is 618 g/mol. The third-order valence-electron chi connectivity index (χ3n) is 7.48. The van der Waals surface area contributed by atoms with Crippen LogP contribution in [0.1, 0.15) is 46.1 Å². The van der Waals surface area contributed by atoms with Gasteiger partial charge in [-0.05, 0) is 91.3 Å². The first kappa shape index (κ1) is 32.8. The number of anilines is 3. The van der Waals surface area contributed by atoms with E-state index in [0.29, 0.717) is 28.8 Å².